The van der Waals surface area contributed by atoms with E-state index in [9.17, 15) is 4.39 Å². The Hall–Kier alpha value is -1.06. The second-order valence-electron chi connectivity index (χ2n) is 3.60. The Kier molecular flexibility index (Phi) is 4.02. The number of hydrogen-bond donors (Lipinski definition) is 1. The highest BCUT2D eigenvalue weighted by Gasteiger charge is 2.01. The summed E-state index contributed by atoms with van der Waals surface area (Å²) in [6.45, 7) is 0.565. The summed E-state index contributed by atoms with van der Waals surface area (Å²) in [4.78, 5) is 0. The molecule has 2 aromatic rings. The summed E-state index contributed by atoms with van der Waals surface area (Å²) >= 11 is 9.43. The fourth-order valence-corrected chi connectivity index (χ4v) is 2.20. The van der Waals surface area contributed by atoms with Crippen LogP contribution in [-0.2, 0) is 6.54 Å². The lowest BCUT2D eigenvalue weighted by Crippen LogP contribution is -2.00. The van der Waals surface area contributed by atoms with E-state index in [4.69, 9.17) is 11.6 Å². The Bertz CT molecular complexity index is 531. The minimum atomic E-state index is -0.253. The largest absolute Gasteiger partial charge is 0.381 e. The first-order valence-electron chi connectivity index (χ1n) is 5.08. The minimum absolute atomic E-state index is 0.253. The van der Waals surface area contributed by atoms with Crippen LogP contribution in [0.15, 0.2) is 46.9 Å². The predicted octanol–water partition coefficient (Wildman–Crippen LogP) is 4.85. The van der Waals surface area contributed by atoms with Gasteiger partial charge >= 0.3 is 0 Å². The molecule has 0 spiro atoms. The van der Waals surface area contributed by atoms with E-state index in [-0.39, 0.29) is 5.82 Å². The molecule has 1 N–H and O–H groups in total. The first-order chi connectivity index (χ1) is 8.15. The molecule has 0 aliphatic rings. The molecule has 17 heavy (non-hydrogen) atoms. The maximum atomic E-state index is 13.0. The fourth-order valence-electron chi connectivity index (χ4n) is 1.46. The van der Waals surface area contributed by atoms with Crippen molar-refractivity contribution in [3.63, 3.8) is 0 Å². The van der Waals surface area contributed by atoms with Crippen LogP contribution in [0.5, 0.6) is 0 Å². The topological polar surface area (TPSA) is 12.0 Å². The molecule has 0 amide bonds. The van der Waals surface area contributed by atoms with Crippen LogP contribution in [0.1, 0.15) is 5.56 Å². The molecule has 0 atom stereocenters. The Labute approximate surface area is 113 Å². The summed E-state index contributed by atoms with van der Waals surface area (Å²) in [7, 11) is 0. The van der Waals surface area contributed by atoms with Gasteiger partial charge in [-0.3, -0.25) is 0 Å². The van der Waals surface area contributed by atoms with Crippen LogP contribution >= 0.6 is 27.5 Å². The van der Waals surface area contributed by atoms with Crippen molar-refractivity contribution in [2.45, 2.75) is 6.54 Å². The van der Waals surface area contributed by atoms with Crippen molar-refractivity contribution in [1.29, 1.82) is 0 Å². The van der Waals surface area contributed by atoms with Gasteiger partial charge < -0.3 is 5.32 Å². The van der Waals surface area contributed by atoms with Gasteiger partial charge in [0.2, 0.25) is 0 Å². The average Bonchev–Trinajstić information content (AvgIpc) is 2.28. The van der Waals surface area contributed by atoms with E-state index in [0.717, 1.165) is 15.7 Å². The van der Waals surface area contributed by atoms with Gasteiger partial charge in [-0.25, -0.2) is 4.39 Å². The highest BCUT2D eigenvalue weighted by atomic mass is 79.9. The van der Waals surface area contributed by atoms with E-state index in [1.807, 2.05) is 24.3 Å². The van der Waals surface area contributed by atoms with E-state index >= 15 is 0 Å². The highest BCUT2D eigenvalue weighted by Crippen LogP contribution is 2.22. The normalized spacial score (nSPS) is 10.3. The quantitative estimate of drug-likeness (QED) is 0.853. The van der Waals surface area contributed by atoms with Crippen molar-refractivity contribution < 1.29 is 4.39 Å². The predicted molar refractivity (Wildman–Crippen MR) is 72.9 cm³/mol. The number of anilines is 1. The Morgan fingerprint density at radius 3 is 2.71 bits per heavy atom. The van der Waals surface area contributed by atoms with Gasteiger partial charge in [-0.1, -0.05) is 39.7 Å². The zero-order valence-corrected chi connectivity index (χ0v) is 11.2. The summed E-state index contributed by atoms with van der Waals surface area (Å²) in [5.74, 6) is -0.253. The molecule has 0 aromatic heterocycles. The molecule has 0 fully saturated rings. The van der Waals surface area contributed by atoms with Gasteiger partial charge in [0.15, 0.2) is 0 Å². The number of rotatable bonds is 3. The lowest BCUT2D eigenvalue weighted by molar-refractivity contribution is 0.628. The van der Waals surface area contributed by atoms with Crippen molar-refractivity contribution in [1.82, 2.24) is 0 Å². The highest BCUT2D eigenvalue weighted by molar-refractivity contribution is 9.10. The summed E-state index contributed by atoms with van der Waals surface area (Å²) in [6, 6.07) is 12.0. The molecule has 4 heteroatoms. The first kappa shape index (κ1) is 12.4. The van der Waals surface area contributed by atoms with Crippen LogP contribution in [0, 0.1) is 5.82 Å². The molecule has 0 unspecified atom stereocenters. The van der Waals surface area contributed by atoms with E-state index in [1.165, 1.54) is 12.1 Å². The van der Waals surface area contributed by atoms with Crippen LogP contribution in [0.25, 0.3) is 0 Å². The third-order valence-electron chi connectivity index (χ3n) is 2.32. The van der Waals surface area contributed by atoms with Crippen LogP contribution in [0.3, 0.4) is 0 Å². The SMILES string of the molecule is Fc1cccc(NCc2ccc(Br)cc2Cl)c1. The zero-order valence-electron chi connectivity index (χ0n) is 8.88. The molecule has 2 aromatic carbocycles. The maximum Gasteiger partial charge on any atom is 0.125 e. The molecular weight excluding hydrogens is 305 g/mol. The van der Waals surface area contributed by atoms with Gasteiger partial charge in [0.05, 0.1) is 0 Å². The monoisotopic (exact) mass is 313 g/mol. The smallest absolute Gasteiger partial charge is 0.125 e. The lowest BCUT2D eigenvalue weighted by atomic mass is 10.2. The van der Waals surface area contributed by atoms with Crippen LogP contribution in [0.4, 0.5) is 10.1 Å². The molecule has 2 rings (SSSR count). The summed E-state index contributed by atoms with van der Waals surface area (Å²) in [6.07, 6.45) is 0. The average molecular weight is 315 g/mol. The van der Waals surface area contributed by atoms with E-state index < -0.39 is 0 Å². The van der Waals surface area contributed by atoms with Crippen molar-refractivity contribution in [3.8, 4) is 0 Å². The summed E-state index contributed by atoms with van der Waals surface area (Å²) < 4.78 is 13.9. The second-order valence-corrected chi connectivity index (χ2v) is 4.92. The Morgan fingerprint density at radius 2 is 2.00 bits per heavy atom. The lowest BCUT2D eigenvalue weighted by Gasteiger charge is -2.08. The molecule has 0 aliphatic heterocycles. The molecule has 0 saturated carbocycles. The number of halogens is 3. The minimum Gasteiger partial charge on any atom is -0.381 e. The molecule has 0 radical (unpaired) electrons. The first-order valence-corrected chi connectivity index (χ1v) is 6.25. The van der Waals surface area contributed by atoms with Crippen molar-refractivity contribution in [3.05, 3.63) is 63.3 Å². The Balaban J connectivity index is 2.07. The summed E-state index contributed by atoms with van der Waals surface area (Å²) in [5.41, 5.74) is 1.71. The van der Waals surface area contributed by atoms with Gasteiger partial charge in [-0.05, 0) is 35.9 Å². The number of hydrogen-bond acceptors (Lipinski definition) is 1. The van der Waals surface area contributed by atoms with Crippen LogP contribution in [0.2, 0.25) is 5.02 Å². The molecule has 0 heterocycles. The fraction of sp³-hybridized carbons (Fsp3) is 0.0769. The van der Waals surface area contributed by atoms with E-state index in [0.29, 0.717) is 11.6 Å². The van der Waals surface area contributed by atoms with Gasteiger partial charge in [-0.2, -0.15) is 0 Å². The molecule has 88 valence electrons. The summed E-state index contributed by atoms with van der Waals surface area (Å²) in [5, 5.41) is 3.81. The molecule has 1 nitrogen and oxygen atoms in total. The molecular formula is C13H10BrClFN. The van der Waals surface area contributed by atoms with E-state index in [1.54, 1.807) is 6.07 Å². The zero-order chi connectivity index (χ0) is 12.3. The van der Waals surface area contributed by atoms with E-state index in [2.05, 4.69) is 21.2 Å². The third kappa shape index (κ3) is 3.45. The van der Waals surface area contributed by atoms with Crippen LogP contribution in [-0.4, -0.2) is 0 Å². The number of benzene rings is 2. The standard InChI is InChI=1S/C13H10BrClFN/c14-10-5-4-9(13(15)6-10)8-17-12-3-1-2-11(16)7-12/h1-7,17H,8H2. The second kappa shape index (κ2) is 5.52. The van der Waals surface area contributed by atoms with Crippen molar-refractivity contribution >= 4 is 33.2 Å². The molecule has 0 aliphatic carbocycles. The molecule has 0 saturated heterocycles. The van der Waals surface area contributed by atoms with Crippen molar-refractivity contribution in [2.24, 2.45) is 0 Å². The van der Waals surface area contributed by atoms with Gasteiger partial charge in [-0.15, -0.1) is 0 Å². The van der Waals surface area contributed by atoms with Gasteiger partial charge in [0.1, 0.15) is 5.82 Å². The number of nitrogens with one attached hydrogen (secondary N) is 1. The maximum absolute atomic E-state index is 13.0. The third-order valence-corrected chi connectivity index (χ3v) is 3.17. The van der Waals surface area contributed by atoms with Gasteiger partial charge in [0.25, 0.3) is 0 Å². The van der Waals surface area contributed by atoms with Crippen LogP contribution < -0.4 is 5.32 Å². The van der Waals surface area contributed by atoms with Crippen molar-refractivity contribution in [2.75, 3.05) is 5.32 Å². The van der Waals surface area contributed by atoms with Gasteiger partial charge in [0, 0.05) is 21.7 Å². The molecule has 0 bridgehead atoms. The Morgan fingerprint density at radius 1 is 1.18 bits per heavy atom.